The zero-order valence-corrected chi connectivity index (χ0v) is 8.84. The van der Waals surface area contributed by atoms with Crippen molar-refractivity contribution in [3.05, 3.63) is 54.6 Å². The van der Waals surface area contributed by atoms with Gasteiger partial charge in [-0.25, -0.2) is 14.4 Å². The lowest BCUT2D eigenvalue weighted by molar-refractivity contribution is 0.628. The standard InChI is InChI=1S/C13H8FN3/c14-10-5-3-9(4-6-10)13-16-8-12-11(17-13)2-1-7-15-12/h1-8H. The van der Waals surface area contributed by atoms with E-state index in [1.165, 1.54) is 12.1 Å². The summed E-state index contributed by atoms with van der Waals surface area (Å²) in [6, 6.07) is 9.80. The van der Waals surface area contributed by atoms with Gasteiger partial charge in [-0.05, 0) is 36.4 Å². The van der Waals surface area contributed by atoms with E-state index < -0.39 is 0 Å². The highest BCUT2D eigenvalue weighted by atomic mass is 19.1. The number of benzene rings is 1. The van der Waals surface area contributed by atoms with Gasteiger partial charge in [-0.15, -0.1) is 0 Å². The molecule has 0 aliphatic carbocycles. The van der Waals surface area contributed by atoms with Crippen molar-refractivity contribution in [2.24, 2.45) is 0 Å². The lowest BCUT2D eigenvalue weighted by Crippen LogP contribution is -1.91. The molecule has 0 atom stereocenters. The second kappa shape index (κ2) is 3.90. The Bertz CT molecular complexity index is 665. The highest BCUT2D eigenvalue weighted by Crippen LogP contribution is 2.17. The Balaban J connectivity index is 2.14. The van der Waals surface area contributed by atoms with Gasteiger partial charge in [0, 0.05) is 11.8 Å². The average molecular weight is 225 g/mol. The third kappa shape index (κ3) is 1.85. The summed E-state index contributed by atoms with van der Waals surface area (Å²) in [4.78, 5) is 12.7. The van der Waals surface area contributed by atoms with E-state index in [1.54, 1.807) is 24.5 Å². The Hall–Kier alpha value is -2.36. The molecular weight excluding hydrogens is 217 g/mol. The van der Waals surface area contributed by atoms with Gasteiger partial charge in [-0.2, -0.15) is 0 Å². The molecular formula is C13H8FN3. The average Bonchev–Trinajstić information content (AvgIpc) is 2.39. The first-order valence-corrected chi connectivity index (χ1v) is 5.17. The Morgan fingerprint density at radius 3 is 2.53 bits per heavy atom. The molecule has 3 nitrogen and oxygen atoms in total. The van der Waals surface area contributed by atoms with Crippen LogP contribution in [0.1, 0.15) is 0 Å². The van der Waals surface area contributed by atoms with Crippen molar-refractivity contribution >= 4 is 11.0 Å². The van der Waals surface area contributed by atoms with Crippen LogP contribution in [0.3, 0.4) is 0 Å². The van der Waals surface area contributed by atoms with Crippen molar-refractivity contribution < 1.29 is 4.39 Å². The molecule has 2 heterocycles. The molecule has 3 rings (SSSR count). The van der Waals surface area contributed by atoms with E-state index in [-0.39, 0.29) is 5.82 Å². The number of hydrogen-bond acceptors (Lipinski definition) is 3. The minimum atomic E-state index is -0.267. The number of rotatable bonds is 1. The summed E-state index contributed by atoms with van der Waals surface area (Å²) in [5.74, 6) is 0.307. The third-order valence-corrected chi connectivity index (χ3v) is 2.45. The summed E-state index contributed by atoms with van der Waals surface area (Å²) in [6.45, 7) is 0. The molecule has 0 unspecified atom stereocenters. The summed E-state index contributed by atoms with van der Waals surface area (Å²) in [5, 5.41) is 0. The van der Waals surface area contributed by atoms with Gasteiger partial charge in [-0.1, -0.05) is 0 Å². The van der Waals surface area contributed by atoms with Crippen LogP contribution >= 0.6 is 0 Å². The van der Waals surface area contributed by atoms with Gasteiger partial charge in [0.15, 0.2) is 5.82 Å². The first-order chi connectivity index (χ1) is 8.33. The summed E-state index contributed by atoms with van der Waals surface area (Å²) >= 11 is 0. The van der Waals surface area contributed by atoms with E-state index in [2.05, 4.69) is 15.0 Å². The number of hydrogen-bond donors (Lipinski definition) is 0. The Morgan fingerprint density at radius 1 is 0.882 bits per heavy atom. The monoisotopic (exact) mass is 225 g/mol. The Labute approximate surface area is 97.0 Å². The van der Waals surface area contributed by atoms with Crippen LogP contribution in [0, 0.1) is 5.82 Å². The zero-order chi connectivity index (χ0) is 11.7. The van der Waals surface area contributed by atoms with Gasteiger partial charge in [0.1, 0.15) is 11.3 Å². The van der Waals surface area contributed by atoms with Crippen molar-refractivity contribution in [1.82, 2.24) is 15.0 Å². The van der Waals surface area contributed by atoms with E-state index in [0.717, 1.165) is 16.6 Å². The lowest BCUT2D eigenvalue weighted by atomic mass is 10.2. The molecule has 0 aliphatic rings. The fraction of sp³-hybridized carbons (Fsp3) is 0. The maximum Gasteiger partial charge on any atom is 0.159 e. The molecule has 0 spiro atoms. The molecule has 4 heteroatoms. The fourth-order valence-electron chi connectivity index (χ4n) is 1.61. The molecule has 0 aliphatic heterocycles. The first kappa shape index (κ1) is 9.84. The minimum Gasteiger partial charge on any atom is -0.253 e. The SMILES string of the molecule is Fc1ccc(-c2ncc3ncccc3n2)cc1. The molecule has 0 bridgehead atoms. The Morgan fingerprint density at radius 2 is 1.71 bits per heavy atom. The molecule has 82 valence electrons. The molecule has 17 heavy (non-hydrogen) atoms. The number of fused-ring (bicyclic) bond motifs is 1. The smallest absolute Gasteiger partial charge is 0.159 e. The highest BCUT2D eigenvalue weighted by molar-refractivity contribution is 5.75. The van der Waals surface area contributed by atoms with Crippen LogP contribution in [0.15, 0.2) is 48.8 Å². The van der Waals surface area contributed by atoms with Crippen LogP contribution in [0.4, 0.5) is 4.39 Å². The second-order valence-corrected chi connectivity index (χ2v) is 3.61. The predicted octanol–water partition coefficient (Wildman–Crippen LogP) is 2.83. The van der Waals surface area contributed by atoms with Crippen LogP contribution in [-0.2, 0) is 0 Å². The molecule has 0 saturated carbocycles. The number of nitrogens with zero attached hydrogens (tertiary/aromatic N) is 3. The van der Waals surface area contributed by atoms with E-state index in [4.69, 9.17) is 0 Å². The van der Waals surface area contributed by atoms with Crippen molar-refractivity contribution in [3.8, 4) is 11.4 Å². The van der Waals surface area contributed by atoms with Crippen LogP contribution in [0.2, 0.25) is 0 Å². The quantitative estimate of drug-likeness (QED) is 0.639. The van der Waals surface area contributed by atoms with Gasteiger partial charge >= 0.3 is 0 Å². The first-order valence-electron chi connectivity index (χ1n) is 5.17. The summed E-state index contributed by atoms with van der Waals surface area (Å²) in [5.41, 5.74) is 2.32. The molecule has 0 saturated heterocycles. The molecule has 2 aromatic heterocycles. The van der Waals surface area contributed by atoms with Crippen molar-refractivity contribution in [2.75, 3.05) is 0 Å². The van der Waals surface area contributed by atoms with E-state index in [9.17, 15) is 4.39 Å². The Kier molecular flexibility index (Phi) is 2.26. The summed E-state index contributed by atoms with van der Waals surface area (Å²) in [6.07, 6.45) is 3.37. The number of halogens is 1. The van der Waals surface area contributed by atoms with Gasteiger partial charge in [-0.3, -0.25) is 4.98 Å². The van der Waals surface area contributed by atoms with Crippen LogP contribution < -0.4 is 0 Å². The largest absolute Gasteiger partial charge is 0.253 e. The molecule has 3 aromatic rings. The number of aromatic nitrogens is 3. The van der Waals surface area contributed by atoms with E-state index in [1.807, 2.05) is 12.1 Å². The normalized spacial score (nSPS) is 10.6. The summed E-state index contributed by atoms with van der Waals surface area (Å²) in [7, 11) is 0. The van der Waals surface area contributed by atoms with Crippen molar-refractivity contribution in [2.45, 2.75) is 0 Å². The molecule has 0 amide bonds. The highest BCUT2D eigenvalue weighted by Gasteiger charge is 2.03. The van der Waals surface area contributed by atoms with Gasteiger partial charge in [0.05, 0.1) is 11.7 Å². The zero-order valence-electron chi connectivity index (χ0n) is 8.84. The minimum absolute atomic E-state index is 0.267. The summed E-state index contributed by atoms with van der Waals surface area (Å²) < 4.78 is 12.8. The van der Waals surface area contributed by atoms with Crippen LogP contribution in [0.25, 0.3) is 22.4 Å². The molecule has 0 radical (unpaired) electrons. The lowest BCUT2D eigenvalue weighted by Gasteiger charge is -2.01. The predicted molar refractivity (Wildman–Crippen MR) is 62.7 cm³/mol. The molecule has 0 N–H and O–H groups in total. The molecule has 1 aromatic carbocycles. The van der Waals surface area contributed by atoms with Crippen molar-refractivity contribution in [1.29, 1.82) is 0 Å². The maximum atomic E-state index is 12.8. The second-order valence-electron chi connectivity index (χ2n) is 3.61. The van der Waals surface area contributed by atoms with E-state index in [0.29, 0.717) is 5.82 Å². The van der Waals surface area contributed by atoms with Gasteiger partial charge in [0.25, 0.3) is 0 Å². The number of pyridine rings is 1. The topological polar surface area (TPSA) is 38.7 Å². The van der Waals surface area contributed by atoms with Gasteiger partial charge in [0.2, 0.25) is 0 Å². The molecule has 0 fully saturated rings. The third-order valence-electron chi connectivity index (χ3n) is 2.45. The fourth-order valence-corrected chi connectivity index (χ4v) is 1.61. The van der Waals surface area contributed by atoms with Crippen LogP contribution in [0.5, 0.6) is 0 Å². The van der Waals surface area contributed by atoms with Crippen molar-refractivity contribution in [3.63, 3.8) is 0 Å². The van der Waals surface area contributed by atoms with Crippen LogP contribution in [-0.4, -0.2) is 15.0 Å². The van der Waals surface area contributed by atoms with Gasteiger partial charge < -0.3 is 0 Å². The van der Waals surface area contributed by atoms with E-state index >= 15 is 0 Å². The maximum absolute atomic E-state index is 12.8.